The molecule has 2 N–H and O–H groups in total. The van der Waals surface area contributed by atoms with Crippen LogP contribution in [-0.2, 0) is 0 Å². The zero-order valence-electron chi connectivity index (χ0n) is 10.2. The van der Waals surface area contributed by atoms with Crippen molar-refractivity contribution in [2.24, 2.45) is 17.1 Å². The average Bonchev–Trinajstić information content (AvgIpc) is 2.07. The highest BCUT2D eigenvalue weighted by molar-refractivity contribution is 4.89. The van der Waals surface area contributed by atoms with Crippen LogP contribution in [0.4, 0.5) is 0 Å². The molecule has 1 atom stereocenters. The molecule has 0 aromatic rings. The molecule has 0 saturated carbocycles. The van der Waals surface area contributed by atoms with Gasteiger partial charge in [0.25, 0.3) is 0 Å². The first-order chi connectivity index (χ1) is 6.42. The molecular formula is C12H26N2. The second-order valence-electron chi connectivity index (χ2n) is 5.83. The highest BCUT2D eigenvalue weighted by atomic mass is 15.1. The highest BCUT2D eigenvalue weighted by Gasteiger charge is 2.32. The van der Waals surface area contributed by atoms with Crippen LogP contribution in [0.5, 0.6) is 0 Å². The van der Waals surface area contributed by atoms with Gasteiger partial charge < -0.3 is 10.6 Å². The molecule has 1 fully saturated rings. The van der Waals surface area contributed by atoms with Gasteiger partial charge in [-0.05, 0) is 37.3 Å². The zero-order valence-corrected chi connectivity index (χ0v) is 10.2. The van der Waals surface area contributed by atoms with Gasteiger partial charge in [-0.2, -0.15) is 0 Å². The topological polar surface area (TPSA) is 29.3 Å². The minimum atomic E-state index is 0.342. The van der Waals surface area contributed by atoms with Gasteiger partial charge in [-0.1, -0.05) is 27.7 Å². The van der Waals surface area contributed by atoms with Gasteiger partial charge >= 0.3 is 0 Å². The summed E-state index contributed by atoms with van der Waals surface area (Å²) in [6, 6.07) is 0.350. The van der Waals surface area contributed by atoms with Crippen LogP contribution in [0.1, 0.15) is 40.5 Å². The second kappa shape index (κ2) is 4.63. The van der Waals surface area contributed by atoms with Crippen LogP contribution in [0.2, 0.25) is 0 Å². The summed E-state index contributed by atoms with van der Waals surface area (Å²) in [5.74, 6) is 0.807. The standard InChI is InChI=1S/C12H26N2/c1-10(2)5-7-14-8-6-12(3,4)11(13)9-14/h10-11H,5-9,13H2,1-4H3. The van der Waals surface area contributed by atoms with E-state index in [1.165, 1.54) is 25.9 Å². The Labute approximate surface area is 88.8 Å². The first kappa shape index (κ1) is 12.0. The number of hydrogen-bond acceptors (Lipinski definition) is 2. The molecule has 14 heavy (non-hydrogen) atoms. The number of likely N-dealkylation sites (tertiary alicyclic amines) is 1. The summed E-state index contributed by atoms with van der Waals surface area (Å²) in [4.78, 5) is 2.52. The largest absolute Gasteiger partial charge is 0.326 e. The van der Waals surface area contributed by atoms with Crippen LogP contribution in [-0.4, -0.2) is 30.6 Å². The Balaban J connectivity index is 2.32. The molecule has 1 aliphatic rings. The molecule has 2 heteroatoms. The van der Waals surface area contributed by atoms with Crippen LogP contribution >= 0.6 is 0 Å². The van der Waals surface area contributed by atoms with Crippen molar-refractivity contribution in [3.8, 4) is 0 Å². The Morgan fingerprint density at radius 2 is 2.07 bits per heavy atom. The molecule has 0 aromatic heterocycles. The van der Waals surface area contributed by atoms with E-state index in [0.717, 1.165) is 12.5 Å². The van der Waals surface area contributed by atoms with Crippen LogP contribution in [0, 0.1) is 11.3 Å². The van der Waals surface area contributed by atoms with Crippen molar-refractivity contribution < 1.29 is 0 Å². The molecule has 2 nitrogen and oxygen atoms in total. The summed E-state index contributed by atoms with van der Waals surface area (Å²) >= 11 is 0. The Bertz CT molecular complexity index is 173. The first-order valence-electron chi connectivity index (χ1n) is 5.90. The van der Waals surface area contributed by atoms with E-state index in [0.29, 0.717) is 11.5 Å². The zero-order chi connectivity index (χ0) is 10.8. The van der Waals surface area contributed by atoms with Crippen molar-refractivity contribution in [1.82, 2.24) is 4.90 Å². The van der Waals surface area contributed by atoms with Crippen molar-refractivity contribution >= 4 is 0 Å². The maximum Gasteiger partial charge on any atom is 0.0220 e. The maximum absolute atomic E-state index is 6.17. The molecule has 0 amide bonds. The summed E-state index contributed by atoms with van der Waals surface area (Å²) in [5, 5.41) is 0. The molecule has 84 valence electrons. The predicted molar refractivity (Wildman–Crippen MR) is 62.3 cm³/mol. The van der Waals surface area contributed by atoms with Crippen LogP contribution in [0.25, 0.3) is 0 Å². The maximum atomic E-state index is 6.17. The lowest BCUT2D eigenvalue weighted by molar-refractivity contribution is 0.102. The van der Waals surface area contributed by atoms with Crippen molar-refractivity contribution in [2.75, 3.05) is 19.6 Å². The van der Waals surface area contributed by atoms with Gasteiger partial charge in [-0.15, -0.1) is 0 Å². The minimum absolute atomic E-state index is 0.342. The van der Waals surface area contributed by atoms with E-state index in [1.54, 1.807) is 0 Å². The molecule has 0 radical (unpaired) electrons. The van der Waals surface area contributed by atoms with Gasteiger partial charge in [0.15, 0.2) is 0 Å². The molecule has 0 aliphatic carbocycles. The van der Waals surface area contributed by atoms with Crippen LogP contribution in [0.15, 0.2) is 0 Å². The number of rotatable bonds is 3. The highest BCUT2D eigenvalue weighted by Crippen LogP contribution is 2.29. The molecule has 0 aromatic carbocycles. The van der Waals surface area contributed by atoms with Crippen LogP contribution < -0.4 is 5.73 Å². The van der Waals surface area contributed by atoms with E-state index >= 15 is 0 Å². The van der Waals surface area contributed by atoms with Crippen molar-refractivity contribution in [2.45, 2.75) is 46.6 Å². The molecular weight excluding hydrogens is 172 g/mol. The monoisotopic (exact) mass is 198 g/mol. The number of hydrogen-bond donors (Lipinski definition) is 1. The Morgan fingerprint density at radius 1 is 1.43 bits per heavy atom. The van der Waals surface area contributed by atoms with Crippen molar-refractivity contribution in [1.29, 1.82) is 0 Å². The molecule has 0 spiro atoms. The molecule has 1 unspecified atom stereocenters. The summed E-state index contributed by atoms with van der Waals surface area (Å²) in [7, 11) is 0. The Hall–Kier alpha value is -0.0800. The third kappa shape index (κ3) is 3.25. The quantitative estimate of drug-likeness (QED) is 0.752. The summed E-state index contributed by atoms with van der Waals surface area (Å²) < 4.78 is 0. The molecule has 1 heterocycles. The molecule has 0 bridgehead atoms. The van der Waals surface area contributed by atoms with E-state index in [2.05, 4.69) is 32.6 Å². The minimum Gasteiger partial charge on any atom is -0.326 e. The smallest absolute Gasteiger partial charge is 0.0220 e. The lowest BCUT2D eigenvalue weighted by atomic mass is 9.78. The molecule has 1 rings (SSSR count). The van der Waals surface area contributed by atoms with Gasteiger partial charge in [0.1, 0.15) is 0 Å². The average molecular weight is 198 g/mol. The predicted octanol–water partition coefficient (Wildman–Crippen LogP) is 2.09. The van der Waals surface area contributed by atoms with Gasteiger partial charge in [0.05, 0.1) is 0 Å². The summed E-state index contributed by atoms with van der Waals surface area (Å²) in [6.45, 7) is 12.7. The number of nitrogens with two attached hydrogens (primary N) is 1. The van der Waals surface area contributed by atoms with Crippen molar-refractivity contribution in [3.05, 3.63) is 0 Å². The molecule has 1 aliphatic heterocycles. The van der Waals surface area contributed by atoms with E-state index in [1.807, 2.05) is 0 Å². The Morgan fingerprint density at radius 3 is 2.57 bits per heavy atom. The van der Waals surface area contributed by atoms with Gasteiger partial charge in [-0.3, -0.25) is 0 Å². The van der Waals surface area contributed by atoms with Crippen molar-refractivity contribution in [3.63, 3.8) is 0 Å². The van der Waals surface area contributed by atoms with E-state index in [9.17, 15) is 0 Å². The third-order valence-corrected chi connectivity index (χ3v) is 3.55. The number of piperidine rings is 1. The lowest BCUT2D eigenvalue weighted by Gasteiger charge is -2.42. The third-order valence-electron chi connectivity index (χ3n) is 3.55. The number of nitrogens with zero attached hydrogens (tertiary/aromatic N) is 1. The normalized spacial score (nSPS) is 28.3. The fraction of sp³-hybridized carbons (Fsp3) is 1.00. The Kier molecular flexibility index (Phi) is 3.96. The van der Waals surface area contributed by atoms with Gasteiger partial charge in [-0.25, -0.2) is 0 Å². The fourth-order valence-corrected chi connectivity index (χ4v) is 1.89. The van der Waals surface area contributed by atoms with Crippen LogP contribution in [0.3, 0.4) is 0 Å². The van der Waals surface area contributed by atoms with Gasteiger partial charge in [0.2, 0.25) is 0 Å². The molecule has 1 saturated heterocycles. The first-order valence-corrected chi connectivity index (χ1v) is 5.90. The van der Waals surface area contributed by atoms with E-state index in [4.69, 9.17) is 5.73 Å². The van der Waals surface area contributed by atoms with Gasteiger partial charge in [0, 0.05) is 12.6 Å². The lowest BCUT2D eigenvalue weighted by Crippen LogP contribution is -2.52. The second-order valence-corrected chi connectivity index (χ2v) is 5.83. The van der Waals surface area contributed by atoms with E-state index < -0.39 is 0 Å². The fourth-order valence-electron chi connectivity index (χ4n) is 1.89. The summed E-state index contributed by atoms with van der Waals surface area (Å²) in [6.07, 6.45) is 2.54. The summed E-state index contributed by atoms with van der Waals surface area (Å²) in [5.41, 5.74) is 6.51. The van der Waals surface area contributed by atoms with E-state index in [-0.39, 0.29) is 0 Å². The SMILES string of the molecule is CC(C)CCN1CCC(C)(C)C(N)C1.